The average Bonchev–Trinajstić information content (AvgIpc) is 3.27. The lowest BCUT2D eigenvalue weighted by atomic mass is 10.0. The molecule has 29 heavy (non-hydrogen) atoms. The summed E-state index contributed by atoms with van der Waals surface area (Å²) in [4.78, 5) is 25.2. The summed E-state index contributed by atoms with van der Waals surface area (Å²) in [7, 11) is 1.58. The highest BCUT2D eigenvalue weighted by Gasteiger charge is 2.18. The molecule has 2 heterocycles. The van der Waals surface area contributed by atoms with Crippen molar-refractivity contribution < 1.29 is 13.9 Å². The number of fused-ring (bicyclic) bond motifs is 1. The third kappa shape index (κ3) is 3.76. The van der Waals surface area contributed by atoms with Gasteiger partial charge in [-0.3, -0.25) is 4.79 Å². The van der Waals surface area contributed by atoms with E-state index in [2.05, 4.69) is 10.6 Å². The zero-order valence-corrected chi connectivity index (χ0v) is 16.6. The van der Waals surface area contributed by atoms with Gasteiger partial charge < -0.3 is 19.8 Å². The summed E-state index contributed by atoms with van der Waals surface area (Å²) >= 11 is 0. The van der Waals surface area contributed by atoms with Crippen molar-refractivity contribution in [3.05, 3.63) is 69.6 Å². The second kappa shape index (κ2) is 8.09. The Morgan fingerprint density at radius 2 is 2.03 bits per heavy atom. The Balaban J connectivity index is 1.60. The van der Waals surface area contributed by atoms with Crippen molar-refractivity contribution in [3.63, 3.8) is 0 Å². The molecule has 1 aliphatic rings. The highest BCUT2D eigenvalue weighted by atomic mass is 16.5. The molecule has 0 aliphatic carbocycles. The Labute approximate surface area is 168 Å². The number of anilines is 1. The number of ether oxygens (including phenoxy) is 1. The molecule has 1 aromatic heterocycles. The summed E-state index contributed by atoms with van der Waals surface area (Å²) in [5, 5.41) is 6.93. The van der Waals surface area contributed by atoms with Crippen molar-refractivity contribution in [2.45, 2.75) is 32.2 Å². The number of amides is 1. The largest absolute Gasteiger partial charge is 0.496 e. The number of aryl methyl sites for hydroxylation is 1. The minimum Gasteiger partial charge on any atom is -0.496 e. The summed E-state index contributed by atoms with van der Waals surface area (Å²) < 4.78 is 10.8. The van der Waals surface area contributed by atoms with Crippen molar-refractivity contribution in [2.75, 3.05) is 19.0 Å². The second-order valence-electron chi connectivity index (χ2n) is 7.19. The summed E-state index contributed by atoms with van der Waals surface area (Å²) in [5.41, 5.74) is 2.43. The zero-order valence-electron chi connectivity index (χ0n) is 16.6. The molecule has 0 spiro atoms. The molecule has 1 atom stereocenters. The van der Waals surface area contributed by atoms with E-state index in [0.29, 0.717) is 34.9 Å². The van der Waals surface area contributed by atoms with Crippen LogP contribution in [-0.2, 0) is 6.42 Å². The Morgan fingerprint density at radius 1 is 1.24 bits per heavy atom. The van der Waals surface area contributed by atoms with E-state index in [0.717, 1.165) is 18.5 Å². The van der Waals surface area contributed by atoms with E-state index in [-0.39, 0.29) is 5.56 Å². The van der Waals surface area contributed by atoms with Gasteiger partial charge >= 0.3 is 5.63 Å². The number of rotatable bonds is 5. The first-order chi connectivity index (χ1) is 14.1. The van der Waals surface area contributed by atoms with Gasteiger partial charge in [0.05, 0.1) is 7.11 Å². The van der Waals surface area contributed by atoms with Crippen LogP contribution in [0.25, 0.3) is 11.0 Å². The Hall–Kier alpha value is -3.12. The molecule has 1 fully saturated rings. The Kier molecular flexibility index (Phi) is 5.36. The van der Waals surface area contributed by atoms with Crippen molar-refractivity contribution in [3.8, 4) is 5.75 Å². The van der Waals surface area contributed by atoms with Crippen LogP contribution in [0.2, 0.25) is 0 Å². The molecule has 1 unspecified atom stereocenters. The number of carbonyl (C=O) groups is 1. The van der Waals surface area contributed by atoms with Crippen LogP contribution in [-0.4, -0.2) is 19.6 Å². The monoisotopic (exact) mass is 392 g/mol. The van der Waals surface area contributed by atoms with Crippen LogP contribution in [0.15, 0.2) is 51.7 Å². The fraction of sp³-hybridized carbons (Fsp3) is 0.304. The van der Waals surface area contributed by atoms with Gasteiger partial charge in [-0.05, 0) is 61.7 Å². The summed E-state index contributed by atoms with van der Waals surface area (Å²) in [5.74, 6) is 0.179. The van der Waals surface area contributed by atoms with Gasteiger partial charge in [0.15, 0.2) is 0 Å². The first-order valence-corrected chi connectivity index (χ1v) is 9.89. The molecule has 3 aromatic rings. The van der Waals surface area contributed by atoms with E-state index in [1.807, 2.05) is 37.3 Å². The van der Waals surface area contributed by atoms with E-state index in [1.54, 1.807) is 19.2 Å². The van der Waals surface area contributed by atoms with Gasteiger partial charge in [-0.15, -0.1) is 0 Å². The maximum atomic E-state index is 12.7. The van der Waals surface area contributed by atoms with Gasteiger partial charge in [0.1, 0.15) is 16.9 Å². The van der Waals surface area contributed by atoms with Gasteiger partial charge in [-0.2, -0.15) is 0 Å². The van der Waals surface area contributed by atoms with Crippen LogP contribution < -0.4 is 21.0 Å². The summed E-state index contributed by atoms with van der Waals surface area (Å²) in [6, 6.07) is 13.3. The van der Waals surface area contributed by atoms with Crippen LogP contribution in [0.4, 0.5) is 5.69 Å². The second-order valence-corrected chi connectivity index (χ2v) is 7.19. The zero-order chi connectivity index (χ0) is 20.4. The molecule has 6 nitrogen and oxygen atoms in total. The van der Waals surface area contributed by atoms with Gasteiger partial charge in [-0.25, -0.2) is 4.79 Å². The highest BCUT2D eigenvalue weighted by Crippen LogP contribution is 2.28. The molecule has 1 amide bonds. The molecular formula is C23H24N2O4. The molecule has 4 rings (SSSR count). The molecule has 1 aliphatic heterocycles. The minimum absolute atomic E-state index is 0.0220. The van der Waals surface area contributed by atoms with Crippen molar-refractivity contribution >= 4 is 22.6 Å². The first-order valence-electron chi connectivity index (χ1n) is 9.89. The average molecular weight is 392 g/mol. The highest BCUT2D eigenvalue weighted by molar-refractivity contribution is 6.05. The SMILES string of the molecule is CCc1c(OC)ccc2cc(C(=O)Nc3ccc(C4CCCN4)cc3)c(=O)oc12. The van der Waals surface area contributed by atoms with Gasteiger partial charge in [-0.1, -0.05) is 19.1 Å². The van der Waals surface area contributed by atoms with E-state index in [1.165, 1.54) is 12.0 Å². The lowest BCUT2D eigenvalue weighted by molar-refractivity contribution is 0.102. The number of methoxy groups -OCH3 is 1. The van der Waals surface area contributed by atoms with Crippen LogP contribution in [0, 0.1) is 0 Å². The molecule has 2 N–H and O–H groups in total. The molecule has 0 saturated carbocycles. The number of carbonyl (C=O) groups excluding carboxylic acids is 1. The number of hydrogen-bond donors (Lipinski definition) is 2. The fourth-order valence-corrected chi connectivity index (χ4v) is 3.87. The molecular weight excluding hydrogens is 368 g/mol. The first kappa shape index (κ1) is 19.2. The number of hydrogen-bond acceptors (Lipinski definition) is 5. The summed E-state index contributed by atoms with van der Waals surface area (Å²) in [6.45, 7) is 3.00. The van der Waals surface area contributed by atoms with E-state index in [9.17, 15) is 9.59 Å². The van der Waals surface area contributed by atoms with Crippen molar-refractivity contribution in [2.24, 2.45) is 0 Å². The maximum Gasteiger partial charge on any atom is 0.349 e. The lowest BCUT2D eigenvalue weighted by Crippen LogP contribution is -2.21. The van der Waals surface area contributed by atoms with Crippen molar-refractivity contribution in [1.29, 1.82) is 0 Å². The fourth-order valence-electron chi connectivity index (χ4n) is 3.87. The van der Waals surface area contributed by atoms with Crippen LogP contribution in [0.5, 0.6) is 5.75 Å². The third-order valence-electron chi connectivity index (χ3n) is 5.41. The number of nitrogens with one attached hydrogen (secondary N) is 2. The van der Waals surface area contributed by atoms with Crippen LogP contribution in [0.3, 0.4) is 0 Å². The van der Waals surface area contributed by atoms with E-state index >= 15 is 0 Å². The molecule has 2 aromatic carbocycles. The minimum atomic E-state index is -0.662. The van der Waals surface area contributed by atoms with Gasteiger partial charge in [0.2, 0.25) is 0 Å². The van der Waals surface area contributed by atoms with Crippen LogP contribution in [0.1, 0.15) is 47.3 Å². The van der Waals surface area contributed by atoms with E-state index in [4.69, 9.17) is 9.15 Å². The molecule has 1 saturated heterocycles. The predicted molar refractivity (Wildman–Crippen MR) is 113 cm³/mol. The normalized spacial score (nSPS) is 16.1. The van der Waals surface area contributed by atoms with E-state index < -0.39 is 11.5 Å². The van der Waals surface area contributed by atoms with Crippen LogP contribution >= 0.6 is 0 Å². The predicted octanol–water partition coefficient (Wildman–Crippen LogP) is 4.04. The summed E-state index contributed by atoms with van der Waals surface area (Å²) in [6.07, 6.45) is 2.94. The Bertz CT molecular complexity index is 1100. The molecule has 0 radical (unpaired) electrons. The molecule has 0 bridgehead atoms. The Morgan fingerprint density at radius 3 is 2.69 bits per heavy atom. The van der Waals surface area contributed by atoms with Gasteiger partial charge in [0.25, 0.3) is 5.91 Å². The maximum absolute atomic E-state index is 12.7. The molecule has 150 valence electrons. The lowest BCUT2D eigenvalue weighted by Gasteiger charge is -2.12. The number of benzene rings is 2. The quantitative estimate of drug-likeness (QED) is 0.641. The molecule has 6 heteroatoms. The van der Waals surface area contributed by atoms with Crippen molar-refractivity contribution in [1.82, 2.24) is 5.32 Å². The standard InChI is InChI=1S/C23H24N2O4/c1-3-17-20(28-2)11-8-15-13-18(23(27)29-21(15)17)22(26)25-16-9-6-14(7-10-16)19-5-4-12-24-19/h6-11,13,19,24H,3-5,12H2,1-2H3,(H,25,26). The van der Waals surface area contributed by atoms with Gasteiger partial charge in [0, 0.05) is 22.7 Å². The topological polar surface area (TPSA) is 80.6 Å². The third-order valence-corrected chi connectivity index (χ3v) is 5.41. The smallest absolute Gasteiger partial charge is 0.349 e.